The number of imide groups is 1. The Hall–Kier alpha value is -1.31. The van der Waals surface area contributed by atoms with E-state index in [9.17, 15) is 18.8 Å². The van der Waals surface area contributed by atoms with Gasteiger partial charge in [0.2, 0.25) is 11.8 Å². The van der Waals surface area contributed by atoms with Crippen LogP contribution in [0.25, 0.3) is 0 Å². The average molecular weight is 443 g/mol. The Kier molecular flexibility index (Phi) is 5.32. The fraction of sp³-hybridized carbons (Fsp3) is 0.500. The Balaban J connectivity index is 1.48. The third kappa shape index (κ3) is 3.68. The molecule has 2 aliphatic rings. The van der Waals surface area contributed by atoms with E-state index in [1.54, 1.807) is 0 Å². The number of unbranched alkanes of at least 4 members (excludes halogenated alkanes) is 1. The Labute approximate surface area is 153 Å². The molecule has 1 aromatic rings. The van der Waals surface area contributed by atoms with E-state index in [4.69, 9.17) is 0 Å². The molecule has 1 heterocycles. The molecule has 1 fully saturated rings. The van der Waals surface area contributed by atoms with Crippen molar-refractivity contribution in [3.63, 3.8) is 0 Å². The predicted molar refractivity (Wildman–Crippen MR) is 95.0 cm³/mol. The molecule has 0 aromatic heterocycles. The van der Waals surface area contributed by atoms with Gasteiger partial charge in [0.25, 0.3) is 0 Å². The smallest absolute Gasteiger partial charge is 0.229 e. The van der Waals surface area contributed by atoms with Crippen LogP contribution < -0.4 is 5.32 Å². The van der Waals surface area contributed by atoms with E-state index in [0.717, 1.165) is 31.2 Å². The van der Waals surface area contributed by atoms with Crippen molar-refractivity contribution in [2.24, 2.45) is 11.8 Å². The summed E-state index contributed by atoms with van der Waals surface area (Å²) in [5, 5.41) is 2.37. The number of halogens is 2. The van der Waals surface area contributed by atoms with Gasteiger partial charge in [-0.25, -0.2) is 4.39 Å². The maximum Gasteiger partial charge on any atom is 0.229 e. The van der Waals surface area contributed by atoms with Gasteiger partial charge in [0.05, 0.1) is 0 Å². The number of fused-ring (bicyclic) bond motifs is 1. The van der Waals surface area contributed by atoms with E-state index < -0.39 is 0 Å². The zero-order chi connectivity index (χ0) is 17.3. The third-order valence-corrected chi connectivity index (χ3v) is 5.78. The summed E-state index contributed by atoms with van der Waals surface area (Å²) in [4.78, 5) is 35.3. The topological polar surface area (TPSA) is 63.2 Å². The van der Waals surface area contributed by atoms with E-state index in [2.05, 4.69) is 5.32 Å². The number of ketones is 1. The highest BCUT2D eigenvalue weighted by Gasteiger charge is 2.32. The summed E-state index contributed by atoms with van der Waals surface area (Å²) >= 11 is 2.02. The second-order valence-corrected chi connectivity index (χ2v) is 7.78. The van der Waals surface area contributed by atoms with Crippen LogP contribution in [0.2, 0.25) is 0 Å². The highest BCUT2D eigenvalue weighted by atomic mass is 127. The van der Waals surface area contributed by atoms with Gasteiger partial charge >= 0.3 is 0 Å². The number of carbonyl (C=O) groups is 3. The lowest BCUT2D eigenvalue weighted by atomic mass is 9.90. The zero-order valence-electron chi connectivity index (χ0n) is 13.2. The number of hydrogen-bond donors (Lipinski definition) is 1. The Morgan fingerprint density at radius 3 is 2.54 bits per heavy atom. The van der Waals surface area contributed by atoms with Gasteiger partial charge in [-0.05, 0) is 66.0 Å². The number of rotatable bonds is 5. The Morgan fingerprint density at radius 1 is 1.12 bits per heavy atom. The highest BCUT2D eigenvalue weighted by Crippen LogP contribution is 2.34. The molecule has 2 amide bonds. The van der Waals surface area contributed by atoms with Crippen molar-refractivity contribution in [3.05, 3.63) is 32.6 Å². The van der Waals surface area contributed by atoms with Gasteiger partial charge in [-0.3, -0.25) is 19.7 Å². The molecule has 128 valence electrons. The summed E-state index contributed by atoms with van der Waals surface area (Å²) in [6.45, 7) is 0. The molecule has 0 spiro atoms. The van der Waals surface area contributed by atoms with Gasteiger partial charge in [0.1, 0.15) is 5.82 Å². The maximum absolute atomic E-state index is 13.5. The molecule has 1 N–H and O–H groups in total. The number of carbonyl (C=O) groups excluding carboxylic acids is 3. The van der Waals surface area contributed by atoms with Crippen molar-refractivity contribution >= 4 is 40.2 Å². The molecule has 2 atom stereocenters. The first-order valence-corrected chi connectivity index (χ1v) is 9.39. The molecule has 1 aliphatic carbocycles. The minimum atomic E-state index is -0.288. The Bertz CT molecular complexity index is 704. The fourth-order valence-corrected chi connectivity index (χ4v) is 4.56. The molecule has 1 aliphatic heterocycles. The summed E-state index contributed by atoms with van der Waals surface area (Å²) in [6.07, 6.45) is 4.88. The molecule has 4 nitrogen and oxygen atoms in total. The van der Waals surface area contributed by atoms with E-state index in [1.807, 2.05) is 22.6 Å². The standard InChI is InChI=1S/C18H19FINO3/c19-13-8-12-7-11(17(23)16(12)14(20)9-13)4-2-1-3-10-5-6-15(22)21-18(10)24/h8-11H,1-7H2,(H,21,22,24). The van der Waals surface area contributed by atoms with E-state index in [-0.39, 0.29) is 35.3 Å². The van der Waals surface area contributed by atoms with Crippen LogP contribution in [0.5, 0.6) is 0 Å². The molecule has 3 rings (SSSR count). The number of hydrogen-bond acceptors (Lipinski definition) is 3. The molecule has 0 bridgehead atoms. The van der Waals surface area contributed by atoms with Crippen LogP contribution in [0.3, 0.4) is 0 Å². The van der Waals surface area contributed by atoms with Crippen molar-refractivity contribution in [1.29, 1.82) is 0 Å². The van der Waals surface area contributed by atoms with Crippen LogP contribution in [0.1, 0.15) is 54.4 Å². The highest BCUT2D eigenvalue weighted by molar-refractivity contribution is 14.1. The first-order valence-electron chi connectivity index (χ1n) is 8.31. The van der Waals surface area contributed by atoms with Gasteiger partial charge < -0.3 is 0 Å². The maximum atomic E-state index is 13.5. The molecular weight excluding hydrogens is 424 g/mol. The van der Waals surface area contributed by atoms with E-state index in [0.29, 0.717) is 28.4 Å². The van der Waals surface area contributed by atoms with Crippen molar-refractivity contribution in [3.8, 4) is 0 Å². The molecule has 2 unspecified atom stereocenters. The minimum Gasteiger partial charge on any atom is -0.296 e. The molecular formula is C18H19FINO3. The van der Waals surface area contributed by atoms with E-state index >= 15 is 0 Å². The second kappa shape index (κ2) is 7.29. The second-order valence-electron chi connectivity index (χ2n) is 6.62. The van der Waals surface area contributed by atoms with Crippen molar-refractivity contribution in [2.45, 2.75) is 44.9 Å². The van der Waals surface area contributed by atoms with Gasteiger partial charge in [-0.1, -0.05) is 12.8 Å². The number of Topliss-reactive ketones (excluding diaryl/α,β-unsaturated/α-hetero) is 1. The first kappa shape index (κ1) is 17.5. The lowest BCUT2D eigenvalue weighted by Crippen LogP contribution is -2.40. The van der Waals surface area contributed by atoms with Gasteiger partial charge in [-0.15, -0.1) is 0 Å². The van der Waals surface area contributed by atoms with Gasteiger partial charge in [-0.2, -0.15) is 0 Å². The monoisotopic (exact) mass is 443 g/mol. The SMILES string of the molecule is O=C1CCC(CCCCC2Cc3cc(F)cc(I)c3C2=O)C(=O)N1. The number of amides is 2. The first-order chi connectivity index (χ1) is 11.5. The fourth-order valence-electron chi connectivity index (χ4n) is 3.65. The molecule has 0 saturated carbocycles. The van der Waals surface area contributed by atoms with Crippen molar-refractivity contribution in [2.75, 3.05) is 0 Å². The van der Waals surface area contributed by atoms with Crippen LogP contribution in [0.4, 0.5) is 4.39 Å². The lowest BCUT2D eigenvalue weighted by Gasteiger charge is -2.20. The minimum absolute atomic E-state index is 0.0722. The van der Waals surface area contributed by atoms with E-state index in [1.165, 1.54) is 12.1 Å². The van der Waals surface area contributed by atoms with Crippen molar-refractivity contribution < 1.29 is 18.8 Å². The predicted octanol–water partition coefficient (Wildman–Crippen LogP) is 3.40. The van der Waals surface area contributed by atoms with Crippen molar-refractivity contribution in [1.82, 2.24) is 5.32 Å². The summed E-state index contributed by atoms with van der Waals surface area (Å²) in [5.74, 6) is -0.681. The molecule has 1 aromatic carbocycles. The zero-order valence-corrected chi connectivity index (χ0v) is 15.4. The summed E-state index contributed by atoms with van der Waals surface area (Å²) < 4.78 is 14.2. The normalized spacial score (nSPS) is 23.3. The molecule has 6 heteroatoms. The number of nitrogens with one attached hydrogen (secondary N) is 1. The number of benzene rings is 1. The molecule has 24 heavy (non-hydrogen) atoms. The largest absolute Gasteiger partial charge is 0.296 e. The number of piperidine rings is 1. The van der Waals surface area contributed by atoms with Crippen LogP contribution in [-0.2, 0) is 16.0 Å². The third-order valence-electron chi connectivity index (χ3n) is 4.93. The van der Waals surface area contributed by atoms with Crippen LogP contribution in [0, 0.1) is 21.2 Å². The van der Waals surface area contributed by atoms with Gasteiger partial charge in [0, 0.05) is 27.4 Å². The molecule has 1 saturated heterocycles. The lowest BCUT2D eigenvalue weighted by molar-refractivity contribution is -0.136. The van der Waals surface area contributed by atoms with Crippen LogP contribution in [-0.4, -0.2) is 17.6 Å². The summed E-state index contributed by atoms with van der Waals surface area (Å²) in [7, 11) is 0. The summed E-state index contributed by atoms with van der Waals surface area (Å²) in [5.41, 5.74) is 1.51. The van der Waals surface area contributed by atoms with Crippen LogP contribution >= 0.6 is 22.6 Å². The Morgan fingerprint density at radius 2 is 1.83 bits per heavy atom. The van der Waals surface area contributed by atoms with Gasteiger partial charge in [0.15, 0.2) is 5.78 Å². The summed E-state index contributed by atoms with van der Waals surface area (Å²) in [6, 6.07) is 2.88. The average Bonchev–Trinajstić information content (AvgIpc) is 2.81. The quantitative estimate of drug-likeness (QED) is 0.431. The van der Waals surface area contributed by atoms with Crippen LogP contribution in [0.15, 0.2) is 12.1 Å². The molecule has 0 radical (unpaired) electrons.